The molecule has 2 aromatic rings. The van der Waals surface area contributed by atoms with Gasteiger partial charge in [-0.15, -0.1) is 0 Å². The van der Waals surface area contributed by atoms with Gasteiger partial charge in [0.15, 0.2) is 0 Å². The van der Waals surface area contributed by atoms with E-state index in [-0.39, 0.29) is 17.3 Å². The van der Waals surface area contributed by atoms with Crippen molar-refractivity contribution >= 4 is 17.7 Å². The van der Waals surface area contributed by atoms with Crippen LogP contribution in [0, 0.1) is 11.3 Å². The summed E-state index contributed by atoms with van der Waals surface area (Å²) in [6.45, 7) is 3.25. The van der Waals surface area contributed by atoms with Gasteiger partial charge in [-0.1, -0.05) is 11.8 Å². The Morgan fingerprint density at radius 3 is 2.73 bits per heavy atom. The fourth-order valence-electron chi connectivity index (χ4n) is 2.08. The summed E-state index contributed by atoms with van der Waals surface area (Å²) in [4.78, 5) is 19.8. The number of ether oxygens (including phenoxy) is 1. The molecule has 5 nitrogen and oxygen atoms in total. The monoisotopic (exact) mass is 381 g/mol. The molecule has 2 heterocycles. The van der Waals surface area contributed by atoms with E-state index in [1.807, 2.05) is 0 Å². The van der Waals surface area contributed by atoms with Gasteiger partial charge < -0.3 is 4.74 Å². The summed E-state index contributed by atoms with van der Waals surface area (Å²) < 4.78 is 45.2. The molecule has 0 amide bonds. The number of halogens is 3. The predicted molar refractivity (Wildman–Crippen MR) is 89.1 cm³/mol. The highest BCUT2D eigenvalue weighted by molar-refractivity contribution is 8.00. The number of thioether (sulfide) groups is 1. The maximum absolute atomic E-state index is 13.4. The Morgan fingerprint density at radius 1 is 1.46 bits per heavy atom. The van der Waals surface area contributed by atoms with Crippen molar-refractivity contribution in [3.8, 4) is 17.3 Å². The molecule has 0 N–H and O–H groups in total. The number of rotatable bonds is 5. The van der Waals surface area contributed by atoms with Crippen LogP contribution in [-0.2, 0) is 15.7 Å². The maximum Gasteiger partial charge on any atom is 0.417 e. The number of carbonyl (C=O) groups is 1. The van der Waals surface area contributed by atoms with Crippen molar-refractivity contribution in [2.45, 2.75) is 30.3 Å². The lowest BCUT2D eigenvalue weighted by Crippen LogP contribution is -2.18. The van der Waals surface area contributed by atoms with Crippen molar-refractivity contribution < 1.29 is 22.7 Å². The zero-order valence-electron chi connectivity index (χ0n) is 13.9. The average Bonchev–Trinajstić information content (AvgIpc) is 2.61. The van der Waals surface area contributed by atoms with Crippen LogP contribution in [0.15, 0.2) is 35.6 Å². The summed E-state index contributed by atoms with van der Waals surface area (Å²) in [5.74, 6) is -0.594. The molecule has 0 aliphatic heterocycles. The Morgan fingerprint density at radius 2 is 2.19 bits per heavy atom. The van der Waals surface area contributed by atoms with Crippen molar-refractivity contribution in [1.82, 2.24) is 9.97 Å². The van der Waals surface area contributed by atoms with Crippen molar-refractivity contribution in [1.29, 1.82) is 5.26 Å². The van der Waals surface area contributed by atoms with Crippen LogP contribution in [-0.4, -0.2) is 27.8 Å². The molecule has 0 saturated heterocycles. The Labute approximate surface area is 152 Å². The van der Waals surface area contributed by atoms with Crippen molar-refractivity contribution in [3.63, 3.8) is 0 Å². The van der Waals surface area contributed by atoms with Gasteiger partial charge in [-0.05, 0) is 32.0 Å². The molecule has 2 rings (SSSR count). The molecule has 136 valence electrons. The van der Waals surface area contributed by atoms with Gasteiger partial charge in [-0.3, -0.25) is 9.78 Å². The van der Waals surface area contributed by atoms with Crippen LogP contribution < -0.4 is 0 Å². The number of pyridine rings is 2. The topological polar surface area (TPSA) is 75.9 Å². The third-order valence-corrected chi connectivity index (χ3v) is 4.33. The van der Waals surface area contributed by atoms with Gasteiger partial charge in [0.2, 0.25) is 0 Å². The summed E-state index contributed by atoms with van der Waals surface area (Å²) in [6, 6.07) is 5.50. The SMILES string of the molecule is CCOC(=O)C(C)Sc1nc(-c2cccnc2)cc(C(F)(F)F)c1C#N. The molecule has 0 fully saturated rings. The zero-order valence-corrected chi connectivity index (χ0v) is 14.7. The van der Waals surface area contributed by atoms with Crippen LogP contribution in [0.3, 0.4) is 0 Å². The average molecular weight is 381 g/mol. The van der Waals surface area contributed by atoms with Gasteiger partial charge in [-0.2, -0.15) is 18.4 Å². The van der Waals surface area contributed by atoms with Crippen molar-refractivity contribution in [2.75, 3.05) is 6.61 Å². The Hall–Kier alpha value is -2.60. The number of nitrogens with zero attached hydrogens (tertiary/aromatic N) is 3. The van der Waals surface area contributed by atoms with E-state index in [1.54, 1.807) is 25.1 Å². The standard InChI is InChI=1S/C17H14F3N3O2S/c1-3-25-16(24)10(2)26-15-12(8-21)13(17(18,19)20)7-14(23-15)11-5-4-6-22-9-11/h4-7,9-10H,3H2,1-2H3. The fraction of sp³-hybridized carbons (Fsp3) is 0.294. The summed E-state index contributed by atoms with van der Waals surface area (Å²) in [7, 11) is 0. The van der Waals surface area contributed by atoms with Gasteiger partial charge in [0, 0.05) is 18.0 Å². The van der Waals surface area contributed by atoms with Crippen molar-refractivity contribution in [2.24, 2.45) is 0 Å². The Balaban J connectivity index is 2.58. The number of aromatic nitrogens is 2. The van der Waals surface area contributed by atoms with E-state index in [0.29, 0.717) is 5.56 Å². The van der Waals surface area contributed by atoms with E-state index in [1.165, 1.54) is 19.3 Å². The highest BCUT2D eigenvalue weighted by atomic mass is 32.2. The molecule has 0 saturated carbocycles. The highest BCUT2D eigenvalue weighted by Crippen LogP contribution is 2.38. The van der Waals surface area contributed by atoms with Crippen LogP contribution in [0.25, 0.3) is 11.3 Å². The van der Waals surface area contributed by atoms with Crippen LogP contribution in [0.2, 0.25) is 0 Å². The number of hydrogen-bond acceptors (Lipinski definition) is 6. The van der Waals surface area contributed by atoms with Gasteiger partial charge >= 0.3 is 12.1 Å². The first-order chi connectivity index (χ1) is 12.3. The number of nitriles is 1. The van der Waals surface area contributed by atoms with Crippen LogP contribution in [0.5, 0.6) is 0 Å². The molecule has 9 heteroatoms. The first kappa shape index (κ1) is 19.7. The first-order valence-corrected chi connectivity index (χ1v) is 8.42. The molecule has 0 spiro atoms. The first-order valence-electron chi connectivity index (χ1n) is 7.54. The van der Waals surface area contributed by atoms with E-state index >= 15 is 0 Å². The van der Waals surface area contributed by atoms with Gasteiger partial charge in [-0.25, -0.2) is 4.98 Å². The second-order valence-corrected chi connectivity index (χ2v) is 6.43. The molecular weight excluding hydrogens is 367 g/mol. The number of hydrogen-bond donors (Lipinski definition) is 0. The Bertz CT molecular complexity index is 836. The van der Waals surface area contributed by atoms with Gasteiger partial charge in [0.05, 0.1) is 23.4 Å². The lowest BCUT2D eigenvalue weighted by Gasteiger charge is -2.16. The minimum Gasteiger partial charge on any atom is -0.465 e. The van der Waals surface area contributed by atoms with E-state index in [0.717, 1.165) is 17.8 Å². The number of carbonyl (C=O) groups excluding carboxylic acids is 1. The molecule has 2 aromatic heterocycles. The third-order valence-electron chi connectivity index (χ3n) is 3.27. The summed E-state index contributed by atoms with van der Waals surface area (Å²) in [5.41, 5.74) is -1.34. The molecule has 0 aliphatic rings. The van der Waals surface area contributed by atoms with Crippen LogP contribution >= 0.6 is 11.8 Å². The molecule has 0 bridgehead atoms. The lowest BCUT2D eigenvalue weighted by atomic mass is 10.1. The van der Waals surface area contributed by atoms with E-state index in [4.69, 9.17) is 4.74 Å². The minimum atomic E-state index is -4.74. The molecule has 0 aliphatic carbocycles. The molecule has 0 radical (unpaired) electrons. The molecule has 0 aromatic carbocycles. The second kappa shape index (κ2) is 8.19. The van der Waals surface area contributed by atoms with E-state index in [2.05, 4.69) is 9.97 Å². The van der Waals surface area contributed by atoms with Crippen LogP contribution in [0.1, 0.15) is 25.0 Å². The second-order valence-electron chi connectivity index (χ2n) is 5.10. The normalized spacial score (nSPS) is 12.3. The number of esters is 1. The highest BCUT2D eigenvalue weighted by Gasteiger charge is 2.36. The van der Waals surface area contributed by atoms with E-state index in [9.17, 15) is 23.2 Å². The van der Waals surface area contributed by atoms with Gasteiger partial charge in [0.1, 0.15) is 16.3 Å². The summed E-state index contributed by atoms with van der Waals surface area (Å²) in [5, 5.41) is 8.25. The smallest absolute Gasteiger partial charge is 0.417 e. The predicted octanol–water partition coefficient (Wildman–Crippen LogP) is 4.08. The molecular formula is C17H14F3N3O2S. The fourth-order valence-corrected chi connectivity index (χ4v) is 3.00. The van der Waals surface area contributed by atoms with Crippen LogP contribution in [0.4, 0.5) is 13.2 Å². The Kier molecular flexibility index (Phi) is 6.21. The number of alkyl halides is 3. The third kappa shape index (κ3) is 4.52. The largest absolute Gasteiger partial charge is 0.465 e. The lowest BCUT2D eigenvalue weighted by molar-refractivity contribution is -0.142. The maximum atomic E-state index is 13.4. The zero-order chi connectivity index (χ0) is 19.3. The van der Waals surface area contributed by atoms with Crippen molar-refractivity contribution in [3.05, 3.63) is 41.7 Å². The summed E-state index contributed by atoms with van der Waals surface area (Å²) in [6.07, 6.45) is -1.89. The quantitative estimate of drug-likeness (QED) is 0.574. The molecule has 1 unspecified atom stereocenters. The molecule has 1 atom stereocenters. The molecule has 26 heavy (non-hydrogen) atoms. The van der Waals surface area contributed by atoms with Gasteiger partial charge in [0.25, 0.3) is 0 Å². The summed E-state index contributed by atoms with van der Waals surface area (Å²) >= 11 is 0.753. The minimum absolute atomic E-state index is 0.0167. The van der Waals surface area contributed by atoms with E-state index < -0.39 is 28.5 Å².